The second-order valence-corrected chi connectivity index (χ2v) is 8.36. The number of halogens is 1. The van der Waals surface area contributed by atoms with Crippen molar-refractivity contribution in [2.24, 2.45) is 7.05 Å². The van der Waals surface area contributed by atoms with Gasteiger partial charge in [0.1, 0.15) is 0 Å². The number of nitrogens with one attached hydrogen (secondary N) is 1. The van der Waals surface area contributed by atoms with Crippen LogP contribution in [0.25, 0.3) is 23.1 Å². The number of thioether (sulfide) groups is 1. The Morgan fingerprint density at radius 3 is 2.60 bits per heavy atom. The van der Waals surface area contributed by atoms with E-state index in [-0.39, 0.29) is 17.6 Å². The Balaban J connectivity index is 1.42. The van der Waals surface area contributed by atoms with Gasteiger partial charge in [0.05, 0.1) is 5.75 Å². The first-order valence-electron chi connectivity index (χ1n) is 8.98. The maximum absolute atomic E-state index is 12.2. The van der Waals surface area contributed by atoms with Gasteiger partial charge in [-0.3, -0.25) is 4.79 Å². The molecule has 0 unspecified atom stereocenters. The molecule has 0 spiro atoms. The fourth-order valence-electron chi connectivity index (χ4n) is 2.62. The zero-order chi connectivity index (χ0) is 21.1. The fraction of sp³-hybridized carbons (Fsp3) is 0.150. The average Bonchev–Trinajstić information content (AvgIpc) is 3.35. The van der Waals surface area contributed by atoms with Crippen LogP contribution in [0.2, 0.25) is 0 Å². The van der Waals surface area contributed by atoms with Gasteiger partial charge in [-0.25, -0.2) is 0 Å². The summed E-state index contributed by atoms with van der Waals surface area (Å²) in [5.41, 5.74) is 2.75. The Kier molecular flexibility index (Phi) is 5.96. The van der Waals surface area contributed by atoms with Crippen molar-refractivity contribution in [3.63, 3.8) is 0 Å². The van der Waals surface area contributed by atoms with Gasteiger partial charge in [-0.2, -0.15) is 4.98 Å². The minimum Gasteiger partial charge on any atom is -0.330 e. The first-order valence-corrected chi connectivity index (χ1v) is 10.8. The molecule has 4 aromatic rings. The Morgan fingerprint density at radius 1 is 1.13 bits per heavy atom. The highest BCUT2D eigenvalue weighted by Gasteiger charge is 2.19. The lowest BCUT2D eigenvalue weighted by molar-refractivity contribution is -0.113. The molecule has 2 heterocycles. The van der Waals surface area contributed by atoms with E-state index in [9.17, 15) is 4.79 Å². The molecule has 2 aromatic carbocycles. The van der Waals surface area contributed by atoms with Crippen LogP contribution in [-0.4, -0.2) is 36.6 Å². The highest BCUT2D eigenvalue weighted by Crippen LogP contribution is 2.24. The lowest BCUT2D eigenvalue weighted by atomic mass is 10.1. The average molecular weight is 485 g/mol. The number of nitrogens with zero attached hydrogens (tertiary/aromatic N) is 5. The van der Waals surface area contributed by atoms with Crippen molar-refractivity contribution >= 4 is 39.3 Å². The summed E-state index contributed by atoms with van der Waals surface area (Å²) < 4.78 is 8.05. The van der Waals surface area contributed by atoms with E-state index < -0.39 is 0 Å². The maximum atomic E-state index is 12.2. The number of benzene rings is 2. The highest BCUT2D eigenvalue weighted by molar-refractivity contribution is 9.10. The van der Waals surface area contributed by atoms with Crippen LogP contribution < -0.4 is 5.32 Å². The van der Waals surface area contributed by atoms with E-state index in [4.69, 9.17) is 4.52 Å². The Morgan fingerprint density at radius 2 is 1.87 bits per heavy atom. The molecule has 0 atom stereocenters. The normalized spacial score (nSPS) is 10.9. The topological polar surface area (TPSA) is 98.7 Å². The molecule has 0 fully saturated rings. The summed E-state index contributed by atoms with van der Waals surface area (Å²) in [7, 11) is 1.79. The number of hydrogen-bond acceptors (Lipinski definition) is 7. The molecule has 0 radical (unpaired) electrons. The summed E-state index contributed by atoms with van der Waals surface area (Å²) in [6.45, 7) is 2.02. The molecule has 0 aliphatic rings. The molecule has 1 amide bonds. The number of amides is 1. The van der Waals surface area contributed by atoms with E-state index in [0.29, 0.717) is 16.8 Å². The number of aromatic nitrogens is 5. The van der Waals surface area contributed by atoms with E-state index in [1.807, 2.05) is 55.5 Å². The van der Waals surface area contributed by atoms with Crippen LogP contribution >= 0.6 is 27.7 Å². The summed E-state index contributed by atoms with van der Waals surface area (Å²) in [6.07, 6.45) is 0. The predicted octanol–water partition coefficient (Wildman–Crippen LogP) is 4.33. The van der Waals surface area contributed by atoms with Crippen LogP contribution in [0.4, 0.5) is 5.69 Å². The van der Waals surface area contributed by atoms with Gasteiger partial charge in [0.15, 0.2) is 5.16 Å². The van der Waals surface area contributed by atoms with Crippen molar-refractivity contribution in [1.82, 2.24) is 24.9 Å². The smallest absolute Gasteiger partial charge is 0.296 e. The summed E-state index contributed by atoms with van der Waals surface area (Å²) in [5, 5.41) is 15.7. The van der Waals surface area contributed by atoms with Crippen molar-refractivity contribution in [3.8, 4) is 23.1 Å². The van der Waals surface area contributed by atoms with Crippen molar-refractivity contribution in [3.05, 3.63) is 58.6 Å². The quantitative estimate of drug-likeness (QED) is 0.406. The van der Waals surface area contributed by atoms with Crippen LogP contribution in [0.3, 0.4) is 0 Å². The fourth-order valence-corrected chi connectivity index (χ4v) is 3.60. The van der Waals surface area contributed by atoms with Crippen molar-refractivity contribution in [2.45, 2.75) is 12.1 Å². The first-order chi connectivity index (χ1) is 14.5. The molecule has 152 valence electrons. The van der Waals surface area contributed by atoms with E-state index in [0.717, 1.165) is 21.3 Å². The van der Waals surface area contributed by atoms with Crippen LogP contribution in [-0.2, 0) is 11.8 Å². The summed E-state index contributed by atoms with van der Waals surface area (Å²) in [4.78, 5) is 16.6. The van der Waals surface area contributed by atoms with Crippen molar-refractivity contribution in [2.75, 3.05) is 11.1 Å². The molecule has 0 saturated carbocycles. The third-order valence-corrected chi connectivity index (χ3v) is 5.77. The lowest BCUT2D eigenvalue weighted by Crippen LogP contribution is -2.14. The largest absolute Gasteiger partial charge is 0.330 e. The molecule has 1 N–H and O–H groups in total. The predicted molar refractivity (Wildman–Crippen MR) is 118 cm³/mol. The Labute approximate surface area is 185 Å². The molecule has 4 rings (SSSR count). The number of hydrogen-bond donors (Lipinski definition) is 1. The van der Waals surface area contributed by atoms with E-state index in [2.05, 4.69) is 41.6 Å². The van der Waals surface area contributed by atoms with Gasteiger partial charge in [-0.15, -0.1) is 10.2 Å². The minimum absolute atomic E-state index is 0.133. The molecule has 10 heteroatoms. The zero-order valence-electron chi connectivity index (χ0n) is 16.2. The number of aryl methyl sites for hydroxylation is 1. The molecular formula is C20H17BrN6O2S. The van der Waals surface area contributed by atoms with Gasteiger partial charge >= 0.3 is 0 Å². The summed E-state index contributed by atoms with van der Waals surface area (Å²) in [6, 6.07) is 15.2. The zero-order valence-corrected chi connectivity index (χ0v) is 18.6. The first kappa shape index (κ1) is 20.3. The SMILES string of the molecule is Cc1ccc(-c2noc(-c3nnc(SCC(=O)Nc4ccc(Br)cc4)n3C)n2)cc1. The van der Waals surface area contributed by atoms with Gasteiger partial charge in [0.25, 0.3) is 5.89 Å². The molecule has 8 nitrogen and oxygen atoms in total. The van der Waals surface area contributed by atoms with Crippen LogP contribution in [0.1, 0.15) is 5.56 Å². The second-order valence-electron chi connectivity index (χ2n) is 6.50. The van der Waals surface area contributed by atoms with Crippen LogP contribution in [0, 0.1) is 6.92 Å². The van der Waals surface area contributed by atoms with E-state index in [1.54, 1.807) is 11.6 Å². The molecule has 0 bridgehead atoms. The lowest BCUT2D eigenvalue weighted by Gasteiger charge is -2.05. The molecule has 0 aliphatic carbocycles. The van der Waals surface area contributed by atoms with Gasteiger partial charge < -0.3 is 14.4 Å². The second kappa shape index (κ2) is 8.80. The van der Waals surface area contributed by atoms with Crippen LogP contribution in [0.5, 0.6) is 0 Å². The number of anilines is 1. The molecule has 0 aliphatic heterocycles. The molecule has 2 aromatic heterocycles. The summed E-state index contributed by atoms with van der Waals surface area (Å²) in [5.74, 6) is 1.26. The number of carbonyl (C=O) groups excluding carboxylic acids is 1. The van der Waals surface area contributed by atoms with Crippen molar-refractivity contribution < 1.29 is 9.32 Å². The maximum Gasteiger partial charge on any atom is 0.296 e. The van der Waals surface area contributed by atoms with Crippen LogP contribution in [0.15, 0.2) is 62.7 Å². The molecule has 30 heavy (non-hydrogen) atoms. The Bertz CT molecular complexity index is 1170. The van der Waals surface area contributed by atoms with Crippen molar-refractivity contribution in [1.29, 1.82) is 0 Å². The van der Waals surface area contributed by atoms with Gasteiger partial charge in [0, 0.05) is 22.8 Å². The standard InChI is InChI=1S/C20H17BrN6O2S/c1-12-3-5-13(6-4-12)17-23-19(29-26-17)18-24-25-20(27(18)2)30-11-16(28)22-15-9-7-14(21)8-10-15/h3-10H,11H2,1-2H3,(H,22,28). The van der Waals surface area contributed by atoms with Gasteiger partial charge in [-0.1, -0.05) is 62.7 Å². The molecule has 0 saturated heterocycles. The number of rotatable bonds is 6. The van der Waals surface area contributed by atoms with Gasteiger partial charge in [0.2, 0.25) is 17.6 Å². The third kappa shape index (κ3) is 4.60. The van der Waals surface area contributed by atoms with E-state index >= 15 is 0 Å². The Hall–Kier alpha value is -2.98. The van der Waals surface area contributed by atoms with E-state index in [1.165, 1.54) is 11.8 Å². The van der Waals surface area contributed by atoms with Gasteiger partial charge in [-0.05, 0) is 31.2 Å². The number of carbonyl (C=O) groups is 1. The summed E-state index contributed by atoms with van der Waals surface area (Å²) >= 11 is 4.64. The molecular weight excluding hydrogens is 468 g/mol. The third-order valence-electron chi connectivity index (χ3n) is 4.22. The minimum atomic E-state index is -0.133. The monoisotopic (exact) mass is 484 g/mol. The highest BCUT2D eigenvalue weighted by atomic mass is 79.9.